The summed E-state index contributed by atoms with van der Waals surface area (Å²) in [5.74, 6) is 1.65. The Hall–Kier alpha value is -2.13. The lowest BCUT2D eigenvalue weighted by atomic mass is 10.3. The topological polar surface area (TPSA) is 54.9 Å². The van der Waals surface area contributed by atoms with Crippen LogP contribution in [0.4, 0.5) is 5.13 Å². The van der Waals surface area contributed by atoms with E-state index in [1.807, 2.05) is 41.3 Å². The molecule has 0 N–H and O–H groups in total. The van der Waals surface area contributed by atoms with Gasteiger partial charge < -0.3 is 9.47 Å². The van der Waals surface area contributed by atoms with E-state index in [9.17, 15) is 4.79 Å². The number of aromatic nitrogens is 1. The van der Waals surface area contributed by atoms with E-state index in [0.29, 0.717) is 13.0 Å². The second-order valence-corrected chi connectivity index (χ2v) is 9.77. The number of thioether (sulfide) groups is 1. The molecule has 1 saturated heterocycles. The lowest BCUT2D eigenvalue weighted by molar-refractivity contribution is -0.118. The number of benzene rings is 2. The van der Waals surface area contributed by atoms with Crippen molar-refractivity contribution < 1.29 is 14.3 Å². The van der Waals surface area contributed by atoms with Gasteiger partial charge in [-0.3, -0.25) is 14.6 Å². The van der Waals surface area contributed by atoms with Gasteiger partial charge in [-0.15, -0.1) is 11.8 Å². The fraction of sp³-hybridized carbons (Fsp3) is 0.417. The molecule has 2 aromatic carbocycles. The van der Waals surface area contributed by atoms with Crippen molar-refractivity contribution in [1.82, 2.24) is 9.88 Å². The van der Waals surface area contributed by atoms with Gasteiger partial charge in [-0.25, -0.2) is 4.98 Å². The number of hydrogen-bond acceptors (Lipinski definition) is 7. The predicted molar refractivity (Wildman–Crippen MR) is 132 cm³/mol. The van der Waals surface area contributed by atoms with E-state index < -0.39 is 0 Å². The zero-order chi connectivity index (χ0) is 22.2. The van der Waals surface area contributed by atoms with E-state index in [-0.39, 0.29) is 5.91 Å². The van der Waals surface area contributed by atoms with Gasteiger partial charge in [0.1, 0.15) is 5.75 Å². The van der Waals surface area contributed by atoms with Gasteiger partial charge in [0.25, 0.3) is 0 Å². The molecule has 1 aliphatic heterocycles. The minimum absolute atomic E-state index is 0.126. The maximum Gasteiger partial charge on any atom is 0.229 e. The Balaban J connectivity index is 1.43. The number of nitrogens with zero attached hydrogens (tertiary/aromatic N) is 3. The summed E-state index contributed by atoms with van der Waals surface area (Å²) in [6.45, 7) is 5.14. The van der Waals surface area contributed by atoms with Crippen molar-refractivity contribution in [3.63, 3.8) is 0 Å². The summed E-state index contributed by atoms with van der Waals surface area (Å²) < 4.78 is 11.8. The number of hydrogen-bond donors (Lipinski definition) is 0. The van der Waals surface area contributed by atoms with Crippen LogP contribution in [0.1, 0.15) is 12.8 Å². The molecule has 8 heteroatoms. The number of rotatable bonds is 10. The zero-order valence-electron chi connectivity index (χ0n) is 18.4. The molecule has 4 rings (SSSR count). The van der Waals surface area contributed by atoms with Gasteiger partial charge in [-0.05, 0) is 30.7 Å². The van der Waals surface area contributed by atoms with Crippen molar-refractivity contribution in [2.75, 3.05) is 57.2 Å². The van der Waals surface area contributed by atoms with E-state index in [1.165, 1.54) is 4.90 Å². The second kappa shape index (κ2) is 11.7. The first kappa shape index (κ1) is 23.0. The normalized spacial score (nSPS) is 14.5. The molecular formula is C24H29N3O3S2. The fourth-order valence-corrected chi connectivity index (χ4v) is 5.50. The predicted octanol–water partition coefficient (Wildman–Crippen LogP) is 4.54. The van der Waals surface area contributed by atoms with Crippen molar-refractivity contribution in [2.45, 2.75) is 17.7 Å². The molecular weight excluding hydrogens is 442 g/mol. The molecule has 2 heterocycles. The molecule has 0 aliphatic carbocycles. The Morgan fingerprint density at radius 2 is 2.03 bits per heavy atom. The summed E-state index contributed by atoms with van der Waals surface area (Å²) in [4.78, 5) is 23.5. The van der Waals surface area contributed by atoms with Gasteiger partial charge in [0.2, 0.25) is 5.91 Å². The molecule has 0 spiro atoms. The Kier molecular flexibility index (Phi) is 8.39. The van der Waals surface area contributed by atoms with Crippen molar-refractivity contribution in [2.24, 2.45) is 0 Å². The molecule has 6 nitrogen and oxygen atoms in total. The maximum atomic E-state index is 13.2. The summed E-state index contributed by atoms with van der Waals surface area (Å²) in [6, 6.07) is 16.1. The number of thiazole rings is 1. The van der Waals surface area contributed by atoms with E-state index in [2.05, 4.69) is 17.0 Å². The summed E-state index contributed by atoms with van der Waals surface area (Å²) in [6.07, 6.45) is 1.40. The number of carbonyl (C=O) groups is 1. The van der Waals surface area contributed by atoms with E-state index >= 15 is 0 Å². The number of fused-ring (bicyclic) bond motifs is 1. The standard InChI is InChI=1S/C24H29N3O3S2/c1-29-19-8-9-22-21(18-19)25-24(32-22)27(12-5-11-26-13-15-30-16-14-26)23(28)10-17-31-20-6-3-2-4-7-20/h2-4,6-9,18H,5,10-17H2,1H3. The van der Waals surface area contributed by atoms with Crippen LogP contribution in [-0.2, 0) is 9.53 Å². The second-order valence-electron chi connectivity index (χ2n) is 7.59. The molecule has 0 bridgehead atoms. The number of morpholine rings is 1. The molecule has 1 aliphatic rings. The molecule has 0 radical (unpaired) electrons. The molecule has 1 amide bonds. The van der Waals surface area contributed by atoms with Gasteiger partial charge in [0.05, 0.1) is 30.5 Å². The van der Waals surface area contributed by atoms with Crippen LogP contribution in [0.5, 0.6) is 5.75 Å². The Labute approximate surface area is 197 Å². The Bertz CT molecular complexity index is 1010. The number of ether oxygens (including phenoxy) is 2. The largest absolute Gasteiger partial charge is 0.497 e. The molecule has 0 atom stereocenters. The van der Waals surface area contributed by atoms with Crippen molar-refractivity contribution in [3.05, 3.63) is 48.5 Å². The maximum absolute atomic E-state index is 13.2. The van der Waals surface area contributed by atoms with E-state index in [4.69, 9.17) is 14.5 Å². The number of anilines is 1. The van der Waals surface area contributed by atoms with Crippen LogP contribution in [0.25, 0.3) is 10.2 Å². The summed E-state index contributed by atoms with van der Waals surface area (Å²) in [5.41, 5.74) is 0.869. The van der Waals surface area contributed by atoms with Crippen LogP contribution in [0.2, 0.25) is 0 Å². The SMILES string of the molecule is COc1ccc2sc(N(CCCN3CCOCC3)C(=O)CCSc3ccccc3)nc2c1. The van der Waals surface area contributed by atoms with Crippen LogP contribution in [-0.4, -0.2) is 68.0 Å². The quantitative estimate of drug-likeness (QED) is 0.405. The van der Waals surface area contributed by atoms with Crippen molar-refractivity contribution >= 4 is 44.4 Å². The summed E-state index contributed by atoms with van der Waals surface area (Å²) >= 11 is 3.28. The third kappa shape index (κ3) is 6.22. The van der Waals surface area contributed by atoms with Crippen LogP contribution in [0.3, 0.4) is 0 Å². The van der Waals surface area contributed by atoms with Gasteiger partial charge in [-0.1, -0.05) is 29.5 Å². The van der Waals surface area contributed by atoms with Gasteiger partial charge in [0, 0.05) is 49.3 Å². The third-order valence-corrected chi connectivity index (χ3v) is 7.48. The minimum Gasteiger partial charge on any atom is -0.497 e. The van der Waals surface area contributed by atoms with Gasteiger partial charge in [0.15, 0.2) is 5.13 Å². The minimum atomic E-state index is 0.126. The lowest BCUT2D eigenvalue weighted by Gasteiger charge is -2.27. The van der Waals surface area contributed by atoms with Crippen molar-refractivity contribution in [1.29, 1.82) is 0 Å². The molecule has 1 fully saturated rings. The smallest absolute Gasteiger partial charge is 0.229 e. The highest BCUT2D eigenvalue weighted by Gasteiger charge is 2.20. The molecule has 1 aromatic heterocycles. The van der Waals surface area contributed by atoms with Crippen LogP contribution < -0.4 is 9.64 Å². The monoisotopic (exact) mass is 471 g/mol. The van der Waals surface area contributed by atoms with Crippen LogP contribution in [0.15, 0.2) is 53.4 Å². The van der Waals surface area contributed by atoms with Crippen LogP contribution >= 0.6 is 23.1 Å². The highest BCUT2D eigenvalue weighted by Crippen LogP contribution is 2.32. The number of methoxy groups -OCH3 is 1. The van der Waals surface area contributed by atoms with Gasteiger partial charge in [-0.2, -0.15) is 0 Å². The Morgan fingerprint density at radius 3 is 2.81 bits per heavy atom. The highest BCUT2D eigenvalue weighted by atomic mass is 32.2. The lowest BCUT2D eigenvalue weighted by Crippen LogP contribution is -2.39. The number of carbonyl (C=O) groups excluding carboxylic acids is 1. The zero-order valence-corrected chi connectivity index (χ0v) is 20.0. The molecule has 32 heavy (non-hydrogen) atoms. The Morgan fingerprint density at radius 1 is 1.22 bits per heavy atom. The first-order valence-electron chi connectivity index (χ1n) is 11.0. The molecule has 3 aromatic rings. The molecule has 0 unspecified atom stereocenters. The molecule has 170 valence electrons. The van der Waals surface area contributed by atoms with Gasteiger partial charge >= 0.3 is 0 Å². The van der Waals surface area contributed by atoms with E-state index in [1.54, 1.807) is 30.2 Å². The van der Waals surface area contributed by atoms with Crippen LogP contribution in [0, 0.1) is 0 Å². The first-order chi connectivity index (χ1) is 15.7. The average molecular weight is 472 g/mol. The highest BCUT2D eigenvalue weighted by molar-refractivity contribution is 7.99. The summed E-state index contributed by atoms with van der Waals surface area (Å²) in [5, 5.41) is 0.768. The van der Waals surface area contributed by atoms with Crippen molar-refractivity contribution in [3.8, 4) is 5.75 Å². The average Bonchev–Trinajstić information content (AvgIpc) is 3.26. The third-order valence-electron chi connectivity index (χ3n) is 5.40. The first-order valence-corrected chi connectivity index (χ1v) is 12.8. The summed E-state index contributed by atoms with van der Waals surface area (Å²) in [7, 11) is 1.65. The fourth-order valence-electron chi connectivity index (χ4n) is 3.65. The van der Waals surface area contributed by atoms with E-state index in [0.717, 1.165) is 66.1 Å². The number of amides is 1. The molecule has 0 saturated carbocycles.